The molecule has 0 spiro atoms. The molecule has 0 unspecified atom stereocenters. The Morgan fingerprint density at radius 3 is 2.25 bits per heavy atom. The highest BCUT2D eigenvalue weighted by Gasteiger charge is 2.10. The number of hydrogen-bond donors (Lipinski definition) is 3. The van der Waals surface area contributed by atoms with Crippen LogP contribution in [0.25, 0.3) is 0 Å². The van der Waals surface area contributed by atoms with Gasteiger partial charge in [-0.3, -0.25) is 20.4 Å². The number of aliphatic carboxylic acids is 1. The first-order valence-electron chi connectivity index (χ1n) is 6.45. The van der Waals surface area contributed by atoms with Crippen LogP contribution in [-0.2, 0) is 14.4 Å². The fourth-order valence-electron chi connectivity index (χ4n) is 1.58. The highest BCUT2D eigenvalue weighted by molar-refractivity contribution is 6.32. The predicted molar refractivity (Wildman–Crippen MR) is 73.9 cm³/mol. The maximum Gasteiger partial charge on any atom is 0.372 e. The number of unbranched alkanes of at least 4 members (excludes halogenated alkanes) is 2. The van der Waals surface area contributed by atoms with Gasteiger partial charge in [0, 0.05) is 12.8 Å². The minimum Gasteiger partial charge on any atom is -0.476 e. The van der Waals surface area contributed by atoms with Crippen molar-refractivity contribution in [3.05, 3.63) is 30.3 Å². The van der Waals surface area contributed by atoms with Crippen LogP contribution in [-0.4, -0.2) is 22.8 Å². The van der Waals surface area contributed by atoms with Gasteiger partial charge < -0.3 is 5.11 Å². The third kappa shape index (κ3) is 6.53. The van der Waals surface area contributed by atoms with Crippen LogP contribution in [0.1, 0.15) is 32.1 Å². The highest BCUT2D eigenvalue weighted by atomic mass is 16.4. The van der Waals surface area contributed by atoms with E-state index in [2.05, 4.69) is 10.9 Å². The molecule has 6 heteroatoms. The van der Waals surface area contributed by atoms with Gasteiger partial charge in [0.25, 0.3) is 0 Å². The lowest BCUT2D eigenvalue weighted by atomic mass is 10.1. The van der Waals surface area contributed by atoms with E-state index in [1.54, 1.807) is 0 Å². The third-order valence-electron chi connectivity index (χ3n) is 2.67. The third-order valence-corrected chi connectivity index (χ3v) is 2.67. The van der Waals surface area contributed by atoms with Crippen LogP contribution in [0.3, 0.4) is 0 Å². The van der Waals surface area contributed by atoms with Crippen LogP contribution >= 0.6 is 0 Å². The molecule has 0 aromatic heterocycles. The summed E-state index contributed by atoms with van der Waals surface area (Å²) in [5.74, 6) is -2.31. The summed E-state index contributed by atoms with van der Waals surface area (Å²) in [4.78, 5) is 32.6. The molecule has 0 fully saturated rings. The number of hydrogen-bond acceptors (Lipinski definition) is 4. The first kappa shape index (κ1) is 15.7. The van der Waals surface area contributed by atoms with E-state index in [0.29, 0.717) is 25.7 Å². The summed E-state index contributed by atoms with van der Waals surface area (Å²) < 4.78 is 0. The highest BCUT2D eigenvalue weighted by Crippen LogP contribution is 2.05. The SMILES string of the molecule is O=C(CCCCCC(=O)C(=O)O)NNc1ccccc1. The molecule has 6 nitrogen and oxygen atoms in total. The molecule has 3 N–H and O–H groups in total. The van der Waals surface area contributed by atoms with Gasteiger partial charge in [0.2, 0.25) is 11.7 Å². The van der Waals surface area contributed by atoms with Crippen LogP contribution in [0.5, 0.6) is 0 Å². The zero-order chi connectivity index (χ0) is 14.8. The Labute approximate surface area is 117 Å². The molecule has 0 saturated carbocycles. The van der Waals surface area contributed by atoms with E-state index in [4.69, 9.17) is 5.11 Å². The molecule has 0 aliphatic heterocycles. The first-order chi connectivity index (χ1) is 9.59. The van der Waals surface area contributed by atoms with Crippen molar-refractivity contribution in [2.24, 2.45) is 0 Å². The molecular weight excluding hydrogens is 260 g/mol. The molecule has 20 heavy (non-hydrogen) atoms. The standard InChI is InChI=1S/C14H18N2O4/c17-12(14(19)20)9-5-2-6-10-13(18)16-15-11-7-3-1-4-8-11/h1,3-4,7-8,15H,2,5-6,9-10H2,(H,16,18)(H,19,20). The molecule has 0 heterocycles. The average molecular weight is 278 g/mol. The second-order valence-electron chi connectivity index (χ2n) is 4.33. The molecule has 1 rings (SSSR count). The largest absolute Gasteiger partial charge is 0.476 e. The van der Waals surface area contributed by atoms with Crippen molar-refractivity contribution in [2.45, 2.75) is 32.1 Å². The Hall–Kier alpha value is -2.37. The number of amides is 1. The lowest BCUT2D eigenvalue weighted by Gasteiger charge is -2.07. The van der Waals surface area contributed by atoms with Crippen LogP contribution < -0.4 is 10.9 Å². The van der Waals surface area contributed by atoms with Crippen LogP contribution in [0.4, 0.5) is 5.69 Å². The van der Waals surface area contributed by atoms with E-state index in [-0.39, 0.29) is 12.3 Å². The van der Waals surface area contributed by atoms with Gasteiger partial charge in [-0.25, -0.2) is 4.79 Å². The predicted octanol–water partition coefficient (Wildman–Crippen LogP) is 1.73. The summed E-state index contributed by atoms with van der Waals surface area (Å²) >= 11 is 0. The molecule has 0 atom stereocenters. The van der Waals surface area contributed by atoms with Gasteiger partial charge in [0.05, 0.1) is 5.69 Å². The number of carboxylic acid groups (broad SMARTS) is 1. The number of ketones is 1. The van der Waals surface area contributed by atoms with Gasteiger partial charge in [-0.2, -0.15) is 0 Å². The van der Waals surface area contributed by atoms with Gasteiger partial charge in [0.15, 0.2) is 0 Å². The van der Waals surface area contributed by atoms with Crippen LogP contribution in [0.15, 0.2) is 30.3 Å². The minimum atomic E-state index is -1.39. The smallest absolute Gasteiger partial charge is 0.372 e. The molecule has 0 radical (unpaired) electrons. The molecule has 1 aromatic carbocycles. The number of carbonyl (C=O) groups is 3. The number of nitrogens with one attached hydrogen (secondary N) is 2. The Morgan fingerprint density at radius 1 is 0.950 bits per heavy atom. The van der Waals surface area contributed by atoms with Gasteiger partial charge in [-0.05, 0) is 25.0 Å². The Morgan fingerprint density at radius 2 is 1.60 bits per heavy atom. The molecule has 0 aliphatic carbocycles. The minimum absolute atomic E-state index is 0.0270. The summed E-state index contributed by atoms with van der Waals surface area (Å²) in [6.45, 7) is 0. The van der Waals surface area contributed by atoms with Crippen molar-refractivity contribution in [1.82, 2.24) is 5.43 Å². The number of carboxylic acids is 1. The topological polar surface area (TPSA) is 95.5 Å². The first-order valence-corrected chi connectivity index (χ1v) is 6.45. The monoisotopic (exact) mass is 278 g/mol. The number of benzene rings is 1. The quantitative estimate of drug-likeness (QED) is 0.363. The molecular formula is C14H18N2O4. The lowest BCUT2D eigenvalue weighted by molar-refractivity contribution is -0.149. The fraction of sp³-hybridized carbons (Fsp3) is 0.357. The van der Waals surface area contributed by atoms with Gasteiger partial charge in [-0.15, -0.1) is 0 Å². The van der Waals surface area contributed by atoms with E-state index in [0.717, 1.165) is 5.69 Å². The fourth-order valence-corrected chi connectivity index (χ4v) is 1.58. The van der Waals surface area contributed by atoms with E-state index in [9.17, 15) is 14.4 Å². The van der Waals surface area contributed by atoms with Crippen LogP contribution in [0, 0.1) is 0 Å². The summed E-state index contributed by atoms with van der Waals surface area (Å²) in [5.41, 5.74) is 6.15. The number of carbonyl (C=O) groups excluding carboxylic acids is 2. The summed E-state index contributed by atoms with van der Waals surface area (Å²) in [5, 5.41) is 8.38. The number of hydrazine groups is 1. The van der Waals surface area contributed by atoms with Crippen molar-refractivity contribution in [3.8, 4) is 0 Å². The summed E-state index contributed by atoms with van der Waals surface area (Å²) in [6.07, 6.45) is 2.12. The zero-order valence-corrected chi connectivity index (χ0v) is 11.1. The molecule has 1 aromatic rings. The van der Waals surface area contributed by atoms with Gasteiger partial charge in [-0.1, -0.05) is 24.6 Å². The number of rotatable bonds is 9. The Bertz CT molecular complexity index is 460. The maximum atomic E-state index is 11.5. The van der Waals surface area contributed by atoms with Gasteiger partial charge in [0.1, 0.15) is 0 Å². The van der Waals surface area contributed by atoms with Crippen LogP contribution in [0.2, 0.25) is 0 Å². The van der Waals surface area contributed by atoms with E-state index in [1.165, 1.54) is 0 Å². The molecule has 1 amide bonds. The maximum absolute atomic E-state index is 11.5. The molecule has 108 valence electrons. The van der Waals surface area contributed by atoms with E-state index < -0.39 is 11.8 Å². The molecule has 0 saturated heterocycles. The number of Topliss-reactive ketones (excluding diaryl/α,β-unsaturated/α-hetero) is 1. The number of para-hydroxylation sites is 1. The Balaban J connectivity index is 2.06. The summed E-state index contributed by atoms with van der Waals surface area (Å²) in [7, 11) is 0. The van der Waals surface area contributed by atoms with Crippen molar-refractivity contribution < 1.29 is 19.5 Å². The van der Waals surface area contributed by atoms with E-state index in [1.807, 2.05) is 30.3 Å². The normalized spacial score (nSPS) is 9.80. The number of anilines is 1. The Kier molecular flexibility index (Phi) is 6.81. The lowest BCUT2D eigenvalue weighted by Crippen LogP contribution is -2.28. The van der Waals surface area contributed by atoms with Crippen molar-refractivity contribution in [1.29, 1.82) is 0 Å². The zero-order valence-electron chi connectivity index (χ0n) is 11.1. The second-order valence-corrected chi connectivity index (χ2v) is 4.33. The van der Waals surface area contributed by atoms with Crippen molar-refractivity contribution in [3.63, 3.8) is 0 Å². The van der Waals surface area contributed by atoms with Gasteiger partial charge >= 0.3 is 5.97 Å². The summed E-state index contributed by atoms with van der Waals surface area (Å²) in [6, 6.07) is 9.25. The average Bonchev–Trinajstić information content (AvgIpc) is 2.45. The molecule has 0 bridgehead atoms. The molecule has 0 aliphatic rings. The second kappa shape index (κ2) is 8.68. The van der Waals surface area contributed by atoms with E-state index >= 15 is 0 Å². The van der Waals surface area contributed by atoms with Crippen molar-refractivity contribution >= 4 is 23.3 Å². The van der Waals surface area contributed by atoms with Crippen molar-refractivity contribution in [2.75, 3.05) is 5.43 Å².